The van der Waals surface area contributed by atoms with Crippen LogP contribution >= 0.6 is 0 Å². The van der Waals surface area contributed by atoms with Gasteiger partial charge in [0, 0.05) is 7.11 Å². The summed E-state index contributed by atoms with van der Waals surface area (Å²) in [6.07, 6.45) is 3.16. The number of methoxy groups -OCH3 is 1. The molecule has 0 bridgehead atoms. The van der Waals surface area contributed by atoms with Gasteiger partial charge in [-0.2, -0.15) is 0 Å². The van der Waals surface area contributed by atoms with Crippen molar-refractivity contribution in [2.24, 2.45) is 0 Å². The Labute approximate surface area is 64.0 Å². The molecule has 1 aliphatic rings. The molecule has 0 atom stereocenters. The Morgan fingerprint density at radius 1 is 1.20 bits per heavy atom. The van der Waals surface area contributed by atoms with E-state index >= 15 is 0 Å². The second-order valence-electron chi connectivity index (χ2n) is 2.74. The van der Waals surface area contributed by atoms with E-state index in [1.165, 1.54) is 25.9 Å². The molecule has 1 rings (SSSR count). The minimum atomic E-state index is 0.384. The summed E-state index contributed by atoms with van der Waals surface area (Å²) in [6, 6.07) is 0. The quantitative estimate of drug-likeness (QED) is 0.602. The molecule has 0 aromatic heterocycles. The summed E-state index contributed by atoms with van der Waals surface area (Å²) in [5.41, 5.74) is 0. The molecule has 10 heavy (non-hydrogen) atoms. The van der Waals surface area contributed by atoms with E-state index in [-0.39, 0.29) is 0 Å². The van der Waals surface area contributed by atoms with E-state index in [1.807, 2.05) is 13.8 Å². The van der Waals surface area contributed by atoms with Crippen molar-refractivity contribution < 1.29 is 4.74 Å². The number of rotatable bonds is 1. The van der Waals surface area contributed by atoms with Crippen LogP contribution in [0.15, 0.2) is 0 Å². The van der Waals surface area contributed by atoms with Gasteiger partial charge in [0.15, 0.2) is 0 Å². The van der Waals surface area contributed by atoms with Gasteiger partial charge in [-0.1, -0.05) is 0 Å². The van der Waals surface area contributed by atoms with Crippen LogP contribution < -0.4 is 5.32 Å². The third kappa shape index (κ3) is 7.92. The highest BCUT2D eigenvalue weighted by Crippen LogP contribution is 1.90. The first-order valence-electron chi connectivity index (χ1n) is 4.01. The molecule has 1 fully saturated rings. The molecule has 0 aromatic rings. The molecular weight excluding hydrogens is 126 g/mol. The Bertz CT molecular complexity index is 52.7. The monoisotopic (exact) mass is 145 g/mol. The summed E-state index contributed by atoms with van der Waals surface area (Å²) in [5.74, 6) is 0. The lowest BCUT2D eigenvalue weighted by molar-refractivity contribution is 0.134. The maximum absolute atomic E-state index is 4.75. The van der Waals surface area contributed by atoms with Gasteiger partial charge in [0.2, 0.25) is 0 Å². The smallest absolute Gasteiger partial charge is 0.0515 e. The minimum absolute atomic E-state index is 0.384. The largest absolute Gasteiger partial charge is 0.382 e. The van der Waals surface area contributed by atoms with E-state index in [9.17, 15) is 0 Å². The molecule has 2 nitrogen and oxygen atoms in total. The molecule has 0 spiro atoms. The first kappa shape index (κ1) is 9.92. The number of hydrogen-bond acceptors (Lipinski definition) is 2. The van der Waals surface area contributed by atoms with Crippen LogP contribution in [0.4, 0.5) is 0 Å². The van der Waals surface area contributed by atoms with Crippen molar-refractivity contribution >= 4 is 0 Å². The van der Waals surface area contributed by atoms with Crippen molar-refractivity contribution in [1.29, 1.82) is 0 Å². The van der Waals surface area contributed by atoms with Gasteiger partial charge < -0.3 is 10.1 Å². The highest BCUT2D eigenvalue weighted by molar-refractivity contribution is 4.55. The van der Waals surface area contributed by atoms with E-state index in [0.29, 0.717) is 6.10 Å². The summed E-state index contributed by atoms with van der Waals surface area (Å²) < 4.78 is 4.75. The topological polar surface area (TPSA) is 21.3 Å². The van der Waals surface area contributed by atoms with E-state index in [1.54, 1.807) is 7.11 Å². The highest BCUT2D eigenvalue weighted by atomic mass is 16.5. The summed E-state index contributed by atoms with van der Waals surface area (Å²) in [5, 5.41) is 3.22. The lowest BCUT2D eigenvalue weighted by Crippen LogP contribution is -2.03. The Hall–Kier alpha value is -0.0800. The normalized spacial score (nSPS) is 16.8. The molecule has 0 aliphatic carbocycles. The fourth-order valence-electron chi connectivity index (χ4n) is 0.625. The molecule has 0 aromatic carbocycles. The van der Waals surface area contributed by atoms with E-state index < -0.39 is 0 Å². The van der Waals surface area contributed by atoms with Gasteiger partial charge in [0.25, 0.3) is 0 Å². The zero-order chi connectivity index (χ0) is 7.82. The summed E-state index contributed by atoms with van der Waals surface area (Å²) >= 11 is 0. The van der Waals surface area contributed by atoms with Crippen molar-refractivity contribution in [1.82, 2.24) is 5.32 Å². The van der Waals surface area contributed by atoms with Crippen molar-refractivity contribution in [2.45, 2.75) is 32.8 Å². The molecule has 1 aliphatic heterocycles. The molecule has 0 unspecified atom stereocenters. The second-order valence-corrected chi connectivity index (χ2v) is 2.74. The molecule has 0 amide bonds. The van der Waals surface area contributed by atoms with Crippen LogP contribution in [0.2, 0.25) is 0 Å². The lowest BCUT2D eigenvalue weighted by atomic mass is 10.4. The number of nitrogens with one attached hydrogen (secondary N) is 1. The van der Waals surface area contributed by atoms with Crippen LogP contribution in [0.25, 0.3) is 0 Å². The third-order valence-corrected chi connectivity index (χ3v) is 1.43. The standard InChI is InChI=1S/C4H9N.C4H10O/c1-2-4-5-3-1;1-4(2)5-3/h5H,1-4H2;4H,1-3H3. The second kappa shape index (κ2) is 7.03. The van der Waals surface area contributed by atoms with Crippen molar-refractivity contribution in [3.8, 4) is 0 Å². The molecule has 0 radical (unpaired) electrons. The zero-order valence-electron chi connectivity index (χ0n) is 7.31. The first-order valence-corrected chi connectivity index (χ1v) is 4.01. The van der Waals surface area contributed by atoms with Crippen LogP contribution in [0.3, 0.4) is 0 Å². The van der Waals surface area contributed by atoms with Gasteiger partial charge in [-0.05, 0) is 39.8 Å². The van der Waals surface area contributed by atoms with Crippen molar-refractivity contribution in [3.63, 3.8) is 0 Å². The summed E-state index contributed by atoms with van der Waals surface area (Å²) in [6.45, 7) is 6.50. The first-order chi connectivity index (χ1) is 4.77. The number of ether oxygens (including phenoxy) is 1. The van der Waals surface area contributed by atoms with Gasteiger partial charge >= 0.3 is 0 Å². The van der Waals surface area contributed by atoms with E-state index in [0.717, 1.165) is 0 Å². The molecule has 2 heteroatoms. The molecule has 1 heterocycles. The Morgan fingerprint density at radius 2 is 1.60 bits per heavy atom. The summed E-state index contributed by atoms with van der Waals surface area (Å²) in [7, 11) is 1.70. The molecule has 1 saturated heterocycles. The highest BCUT2D eigenvalue weighted by Gasteiger charge is 1.93. The van der Waals surface area contributed by atoms with Crippen molar-refractivity contribution in [3.05, 3.63) is 0 Å². The average Bonchev–Trinajstić information content (AvgIpc) is 2.43. The SMILES string of the molecule is C1CCNC1.COC(C)C. The van der Waals surface area contributed by atoms with Crippen LogP contribution in [0.1, 0.15) is 26.7 Å². The van der Waals surface area contributed by atoms with Crippen LogP contribution in [0, 0.1) is 0 Å². The zero-order valence-corrected chi connectivity index (χ0v) is 7.31. The molecule has 1 N–H and O–H groups in total. The van der Waals surface area contributed by atoms with Gasteiger partial charge in [0.1, 0.15) is 0 Å². The van der Waals surface area contributed by atoms with Crippen LogP contribution in [-0.2, 0) is 4.74 Å². The molecule has 0 saturated carbocycles. The van der Waals surface area contributed by atoms with Gasteiger partial charge in [-0.3, -0.25) is 0 Å². The Kier molecular flexibility index (Phi) is 6.98. The van der Waals surface area contributed by atoms with Gasteiger partial charge in [0.05, 0.1) is 6.10 Å². The third-order valence-electron chi connectivity index (χ3n) is 1.43. The predicted molar refractivity (Wildman–Crippen MR) is 44.2 cm³/mol. The van der Waals surface area contributed by atoms with Crippen LogP contribution in [-0.4, -0.2) is 26.3 Å². The fraction of sp³-hybridized carbons (Fsp3) is 1.00. The Morgan fingerprint density at radius 3 is 1.70 bits per heavy atom. The van der Waals surface area contributed by atoms with E-state index in [2.05, 4.69) is 5.32 Å². The lowest BCUT2D eigenvalue weighted by Gasteiger charge is -1.94. The maximum Gasteiger partial charge on any atom is 0.0515 e. The van der Waals surface area contributed by atoms with Gasteiger partial charge in [-0.15, -0.1) is 0 Å². The minimum Gasteiger partial charge on any atom is -0.382 e. The van der Waals surface area contributed by atoms with Gasteiger partial charge in [-0.25, -0.2) is 0 Å². The van der Waals surface area contributed by atoms with Crippen molar-refractivity contribution in [2.75, 3.05) is 20.2 Å². The van der Waals surface area contributed by atoms with Crippen LogP contribution in [0.5, 0.6) is 0 Å². The summed E-state index contributed by atoms with van der Waals surface area (Å²) in [4.78, 5) is 0. The maximum atomic E-state index is 4.75. The van der Waals surface area contributed by atoms with E-state index in [4.69, 9.17) is 4.74 Å². The Balaban J connectivity index is 0.000000162. The molecule has 62 valence electrons. The fourth-order valence-corrected chi connectivity index (χ4v) is 0.625. The predicted octanol–water partition coefficient (Wildman–Crippen LogP) is 1.41. The average molecular weight is 145 g/mol. The molecular formula is C8H19NO. The number of hydrogen-bond donors (Lipinski definition) is 1.